The van der Waals surface area contributed by atoms with Crippen LogP contribution >= 0.6 is 0 Å². The fourth-order valence-electron chi connectivity index (χ4n) is 3.03. The van der Waals surface area contributed by atoms with Crippen LogP contribution in [0.25, 0.3) is 0 Å². The van der Waals surface area contributed by atoms with E-state index in [4.69, 9.17) is 0 Å². The lowest BCUT2D eigenvalue weighted by molar-refractivity contribution is 0.350. The minimum absolute atomic E-state index is 0.996. The van der Waals surface area contributed by atoms with Crippen molar-refractivity contribution in [1.82, 2.24) is 0 Å². The molecular formula is C16H26. The Kier molecular flexibility index (Phi) is 4.26. The topological polar surface area (TPSA) is 0 Å². The van der Waals surface area contributed by atoms with Gasteiger partial charge in [-0.3, -0.25) is 0 Å². The van der Waals surface area contributed by atoms with E-state index in [0.717, 1.165) is 11.8 Å². The molecule has 90 valence electrons. The number of rotatable bonds is 3. The fraction of sp³-hybridized carbons (Fsp3) is 0.750. The third kappa shape index (κ3) is 3.50. The maximum Gasteiger partial charge on any atom is -0.0320 e. The molecule has 2 aliphatic rings. The highest BCUT2D eigenvalue weighted by molar-refractivity contribution is 5.04. The lowest BCUT2D eigenvalue weighted by atomic mass is 9.81. The lowest BCUT2D eigenvalue weighted by Crippen LogP contribution is -2.10. The Balaban J connectivity index is 1.68. The van der Waals surface area contributed by atoms with Crippen LogP contribution in [-0.4, -0.2) is 0 Å². The Morgan fingerprint density at radius 3 is 1.62 bits per heavy atom. The van der Waals surface area contributed by atoms with E-state index in [0.29, 0.717) is 0 Å². The summed E-state index contributed by atoms with van der Waals surface area (Å²) < 4.78 is 0. The zero-order chi connectivity index (χ0) is 11.4. The van der Waals surface area contributed by atoms with E-state index in [1.165, 1.54) is 51.4 Å². The first-order chi connectivity index (χ1) is 7.74. The van der Waals surface area contributed by atoms with E-state index in [1.807, 2.05) is 0 Å². The molecule has 0 bridgehead atoms. The van der Waals surface area contributed by atoms with Crippen molar-refractivity contribution in [1.29, 1.82) is 0 Å². The molecule has 0 spiro atoms. The van der Waals surface area contributed by atoms with Crippen molar-refractivity contribution in [2.45, 2.75) is 65.2 Å². The summed E-state index contributed by atoms with van der Waals surface area (Å²) >= 11 is 0. The zero-order valence-electron chi connectivity index (χ0n) is 11.0. The molecule has 0 nitrogen and oxygen atoms in total. The molecule has 0 aromatic rings. The van der Waals surface area contributed by atoms with Crippen molar-refractivity contribution >= 4 is 0 Å². The Morgan fingerprint density at radius 2 is 1.31 bits per heavy atom. The van der Waals surface area contributed by atoms with Crippen LogP contribution < -0.4 is 0 Å². The highest BCUT2D eigenvalue weighted by atomic mass is 14.2. The average molecular weight is 218 g/mol. The molecule has 2 unspecified atom stereocenters. The molecule has 0 N–H and O–H groups in total. The van der Waals surface area contributed by atoms with E-state index >= 15 is 0 Å². The molecule has 0 heteroatoms. The van der Waals surface area contributed by atoms with Crippen LogP contribution in [0.4, 0.5) is 0 Å². The first kappa shape index (κ1) is 12.0. The van der Waals surface area contributed by atoms with Gasteiger partial charge in [-0.15, -0.1) is 0 Å². The van der Waals surface area contributed by atoms with Crippen LogP contribution in [0.5, 0.6) is 0 Å². The van der Waals surface area contributed by atoms with Gasteiger partial charge in [0.25, 0.3) is 0 Å². The molecule has 0 heterocycles. The molecule has 0 aromatic heterocycles. The zero-order valence-corrected chi connectivity index (χ0v) is 11.0. The molecule has 0 amide bonds. The standard InChI is InChI=1S/C16H26/c1-13-3-7-15(8-4-13)11-12-16-9-5-14(2)6-10-16/h3,5,15-16H,4,6-12H2,1-2H3. The first-order valence-corrected chi connectivity index (χ1v) is 7.05. The van der Waals surface area contributed by atoms with Gasteiger partial charge in [0.2, 0.25) is 0 Å². The van der Waals surface area contributed by atoms with E-state index in [1.54, 1.807) is 11.1 Å². The minimum Gasteiger partial charge on any atom is -0.0853 e. The summed E-state index contributed by atoms with van der Waals surface area (Å²) in [5.74, 6) is 1.99. The second-order valence-corrected chi connectivity index (χ2v) is 5.96. The molecule has 2 rings (SSSR count). The molecule has 0 radical (unpaired) electrons. The van der Waals surface area contributed by atoms with Crippen molar-refractivity contribution in [2.75, 3.05) is 0 Å². The first-order valence-electron chi connectivity index (χ1n) is 7.05. The summed E-state index contributed by atoms with van der Waals surface area (Å²) in [4.78, 5) is 0. The van der Waals surface area contributed by atoms with Crippen molar-refractivity contribution in [3.8, 4) is 0 Å². The average Bonchev–Trinajstić information content (AvgIpc) is 2.30. The summed E-state index contributed by atoms with van der Waals surface area (Å²) in [5, 5.41) is 0. The normalized spacial score (nSPS) is 30.9. The smallest absolute Gasteiger partial charge is 0.0320 e. The summed E-state index contributed by atoms with van der Waals surface area (Å²) in [6.45, 7) is 4.57. The summed E-state index contributed by atoms with van der Waals surface area (Å²) in [7, 11) is 0. The van der Waals surface area contributed by atoms with Gasteiger partial charge < -0.3 is 0 Å². The van der Waals surface area contributed by atoms with Crippen LogP contribution in [-0.2, 0) is 0 Å². The maximum atomic E-state index is 2.47. The van der Waals surface area contributed by atoms with E-state index in [2.05, 4.69) is 26.0 Å². The van der Waals surface area contributed by atoms with Gasteiger partial charge in [0.15, 0.2) is 0 Å². The molecule has 0 fully saturated rings. The van der Waals surface area contributed by atoms with Gasteiger partial charge in [-0.2, -0.15) is 0 Å². The predicted octanol–water partition coefficient (Wildman–Crippen LogP) is 5.26. The van der Waals surface area contributed by atoms with Gasteiger partial charge in [-0.05, 0) is 77.0 Å². The number of allylic oxidation sites excluding steroid dienone is 4. The Hall–Kier alpha value is -0.520. The monoisotopic (exact) mass is 218 g/mol. The van der Waals surface area contributed by atoms with Crippen molar-refractivity contribution in [3.05, 3.63) is 23.3 Å². The van der Waals surface area contributed by atoms with Crippen LogP contribution in [0.2, 0.25) is 0 Å². The van der Waals surface area contributed by atoms with Gasteiger partial charge in [0, 0.05) is 0 Å². The number of hydrogen-bond donors (Lipinski definition) is 0. The second-order valence-electron chi connectivity index (χ2n) is 5.96. The van der Waals surface area contributed by atoms with Crippen LogP contribution in [0, 0.1) is 11.8 Å². The SMILES string of the molecule is CC1=CCC(CCC2CC=C(C)CC2)CC1. The summed E-state index contributed by atoms with van der Waals surface area (Å²) in [6, 6.07) is 0. The van der Waals surface area contributed by atoms with Gasteiger partial charge in [-0.25, -0.2) is 0 Å². The van der Waals surface area contributed by atoms with E-state index in [-0.39, 0.29) is 0 Å². The second kappa shape index (κ2) is 5.70. The molecule has 0 aromatic carbocycles. The third-order valence-electron chi connectivity index (χ3n) is 4.48. The molecular weight excluding hydrogens is 192 g/mol. The van der Waals surface area contributed by atoms with Crippen molar-refractivity contribution in [3.63, 3.8) is 0 Å². The fourth-order valence-corrected chi connectivity index (χ4v) is 3.03. The molecule has 2 atom stereocenters. The summed E-state index contributed by atoms with van der Waals surface area (Å²) in [5.41, 5.74) is 3.24. The minimum atomic E-state index is 0.996. The van der Waals surface area contributed by atoms with Gasteiger partial charge >= 0.3 is 0 Å². The third-order valence-corrected chi connectivity index (χ3v) is 4.48. The van der Waals surface area contributed by atoms with Crippen molar-refractivity contribution < 1.29 is 0 Å². The molecule has 2 aliphatic carbocycles. The Morgan fingerprint density at radius 1 is 0.875 bits per heavy atom. The number of hydrogen-bond acceptors (Lipinski definition) is 0. The maximum absolute atomic E-state index is 2.47. The van der Waals surface area contributed by atoms with Crippen LogP contribution in [0.1, 0.15) is 65.2 Å². The highest BCUT2D eigenvalue weighted by Crippen LogP contribution is 2.32. The molecule has 0 aliphatic heterocycles. The predicted molar refractivity (Wildman–Crippen MR) is 71.4 cm³/mol. The van der Waals surface area contributed by atoms with E-state index in [9.17, 15) is 0 Å². The Bertz CT molecular complexity index is 252. The van der Waals surface area contributed by atoms with Gasteiger partial charge in [0.1, 0.15) is 0 Å². The van der Waals surface area contributed by atoms with Crippen molar-refractivity contribution in [2.24, 2.45) is 11.8 Å². The van der Waals surface area contributed by atoms with Crippen LogP contribution in [0.3, 0.4) is 0 Å². The lowest BCUT2D eigenvalue weighted by Gasteiger charge is -2.25. The van der Waals surface area contributed by atoms with Crippen LogP contribution in [0.15, 0.2) is 23.3 Å². The Labute approximate surface area is 101 Å². The highest BCUT2D eigenvalue weighted by Gasteiger charge is 2.17. The van der Waals surface area contributed by atoms with Gasteiger partial charge in [-0.1, -0.05) is 23.3 Å². The van der Waals surface area contributed by atoms with Gasteiger partial charge in [0.05, 0.1) is 0 Å². The van der Waals surface area contributed by atoms with E-state index < -0.39 is 0 Å². The quantitative estimate of drug-likeness (QED) is 0.567. The molecule has 0 saturated carbocycles. The summed E-state index contributed by atoms with van der Waals surface area (Å²) in [6.07, 6.45) is 16.2. The molecule has 0 saturated heterocycles. The largest absolute Gasteiger partial charge is 0.0853 e. The molecule has 16 heavy (non-hydrogen) atoms.